The van der Waals surface area contributed by atoms with Crippen molar-refractivity contribution in [3.63, 3.8) is 0 Å². The molecule has 0 spiro atoms. The Morgan fingerprint density at radius 2 is 1.68 bits per heavy atom. The van der Waals surface area contributed by atoms with Crippen LogP contribution >= 0.6 is 0 Å². The molecule has 1 aromatic carbocycles. The standard InChI is InChI=1S/C23H37N3O2/c1-28-22-8-6-20(7-9-22)10-13-24-23(27)19-26-16-11-21(12-17-26)18-25-14-4-2-3-5-15-25/h6-9,21H,2-5,10-19H2,1H3,(H,24,27). The molecule has 0 aromatic heterocycles. The summed E-state index contributed by atoms with van der Waals surface area (Å²) in [5.41, 5.74) is 1.22. The van der Waals surface area contributed by atoms with Crippen LogP contribution in [0.5, 0.6) is 5.75 Å². The first-order valence-corrected chi connectivity index (χ1v) is 11.1. The Kier molecular flexibility index (Phi) is 8.62. The molecule has 1 aromatic rings. The Morgan fingerprint density at radius 1 is 1.00 bits per heavy atom. The van der Waals surface area contributed by atoms with E-state index in [1.165, 1.54) is 63.7 Å². The number of nitrogens with one attached hydrogen (secondary N) is 1. The maximum Gasteiger partial charge on any atom is 0.234 e. The molecule has 2 heterocycles. The fourth-order valence-electron chi connectivity index (χ4n) is 4.41. The van der Waals surface area contributed by atoms with E-state index < -0.39 is 0 Å². The fraction of sp³-hybridized carbons (Fsp3) is 0.696. The average molecular weight is 388 g/mol. The summed E-state index contributed by atoms with van der Waals surface area (Å²) in [6, 6.07) is 8.04. The average Bonchev–Trinajstić information content (AvgIpc) is 2.99. The molecule has 0 bridgehead atoms. The van der Waals surface area contributed by atoms with Crippen LogP contribution in [0.2, 0.25) is 0 Å². The molecule has 5 heteroatoms. The van der Waals surface area contributed by atoms with Crippen LogP contribution in [0.1, 0.15) is 44.1 Å². The van der Waals surface area contributed by atoms with E-state index in [-0.39, 0.29) is 5.91 Å². The van der Waals surface area contributed by atoms with Gasteiger partial charge >= 0.3 is 0 Å². The molecule has 1 amide bonds. The SMILES string of the molecule is COc1ccc(CCNC(=O)CN2CCC(CN3CCCCCC3)CC2)cc1. The molecule has 2 aliphatic rings. The number of methoxy groups -OCH3 is 1. The van der Waals surface area contributed by atoms with Crippen molar-refractivity contribution in [2.45, 2.75) is 44.9 Å². The third kappa shape index (κ3) is 7.10. The van der Waals surface area contributed by atoms with E-state index in [1.54, 1.807) is 7.11 Å². The second kappa shape index (κ2) is 11.4. The van der Waals surface area contributed by atoms with Gasteiger partial charge in [-0.25, -0.2) is 0 Å². The predicted molar refractivity (Wildman–Crippen MR) is 114 cm³/mol. The molecular formula is C23H37N3O2. The van der Waals surface area contributed by atoms with Crippen LogP contribution in [0.25, 0.3) is 0 Å². The molecule has 2 saturated heterocycles. The van der Waals surface area contributed by atoms with Gasteiger partial charge in [-0.05, 0) is 81.9 Å². The molecule has 0 atom stereocenters. The third-order valence-corrected chi connectivity index (χ3v) is 6.18. The summed E-state index contributed by atoms with van der Waals surface area (Å²) in [5.74, 6) is 1.83. The minimum atomic E-state index is 0.152. The molecule has 0 unspecified atom stereocenters. The van der Waals surface area contributed by atoms with Crippen molar-refractivity contribution in [2.75, 3.05) is 52.9 Å². The molecule has 28 heavy (non-hydrogen) atoms. The van der Waals surface area contributed by atoms with Gasteiger partial charge in [0.15, 0.2) is 0 Å². The molecule has 0 aliphatic carbocycles. The van der Waals surface area contributed by atoms with Crippen molar-refractivity contribution in [1.82, 2.24) is 15.1 Å². The Balaban J connectivity index is 1.28. The number of benzene rings is 1. The maximum absolute atomic E-state index is 12.3. The minimum Gasteiger partial charge on any atom is -0.497 e. The van der Waals surface area contributed by atoms with Crippen molar-refractivity contribution in [3.8, 4) is 5.75 Å². The van der Waals surface area contributed by atoms with E-state index in [0.717, 1.165) is 31.2 Å². The van der Waals surface area contributed by atoms with Gasteiger partial charge in [0.25, 0.3) is 0 Å². The molecule has 0 radical (unpaired) electrons. The smallest absolute Gasteiger partial charge is 0.234 e. The van der Waals surface area contributed by atoms with Crippen LogP contribution in [-0.4, -0.2) is 68.6 Å². The molecule has 156 valence electrons. The zero-order chi connectivity index (χ0) is 19.6. The highest BCUT2D eigenvalue weighted by atomic mass is 16.5. The van der Waals surface area contributed by atoms with Crippen molar-refractivity contribution in [3.05, 3.63) is 29.8 Å². The van der Waals surface area contributed by atoms with E-state index >= 15 is 0 Å². The Hall–Kier alpha value is -1.59. The molecule has 5 nitrogen and oxygen atoms in total. The van der Waals surface area contributed by atoms with Crippen molar-refractivity contribution in [2.24, 2.45) is 5.92 Å². The highest BCUT2D eigenvalue weighted by molar-refractivity contribution is 5.78. The van der Waals surface area contributed by atoms with Gasteiger partial charge in [0.1, 0.15) is 5.75 Å². The molecule has 0 saturated carbocycles. The van der Waals surface area contributed by atoms with Crippen LogP contribution in [0.4, 0.5) is 0 Å². The first kappa shape index (κ1) is 21.1. The van der Waals surface area contributed by atoms with Crippen LogP contribution in [0.15, 0.2) is 24.3 Å². The largest absolute Gasteiger partial charge is 0.497 e. The van der Waals surface area contributed by atoms with Gasteiger partial charge in [-0.2, -0.15) is 0 Å². The number of piperidine rings is 1. The summed E-state index contributed by atoms with van der Waals surface area (Å²) < 4.78 is 5.17. The lowest BCUT2D eigenvalue weighted by Gasteiger charge is -2.34. The van der Waals surface area contributed by atoms with Crippen LogP contribution in [0.3, 0.4) is 0 Å². The number of hydrogen-bond donors (Lipinski definition) is 1. The summed E-state index contributed by atoms with van der Waals surface area (Å²) in [6.45, 7) is 7.19. The zero-order valence-electron chi connectivity index (χ0n) is 17.5. The Labute approximate surface area is 170 Å². The van der Waals surface area contributed by atoms with E-state index in [1.807, 2.05) is 12.1 Å². The summed E-state index contributed by atoms with van der Waals surface area (Å²) in [4.78, 5) is 17.3. The summed E-state index contributed by atoms with van der Waals surface area (Å²) in [5, 5.41) is 3.07. The summed E-state index contributed by atoms with van der Waals surface area (Å²) >= 11 is 0. The number of ether oxygens (including phenoxy) is 1. The molecule has 2 fully saturated rings. The second-order valence-corrected chi connectivity index (χ2v) is 8.38. The van der Waals surface area contributed by atoms with E-state index in [4.69, 9.17) is 4.74 Å². The first-order valence-electron chi connectivity index (χ1n) is 11.1. The van der Waals surface area contributed by atoms with Gasteiger partial charge in [0.2, 0.25) is 5.91 Å². The number of hydrogen-bond acceptors (Lipinski definition) is 4. The van der Waals surface area contributed by atoms with Gasteiger partial charge in [-0.3, -0.25) is 9.69 Å². The zero-order valence-corrected chi connectivity index (χ0v) is 17.5. The Morgan fingerprint density at radius 3 is 2.32 bits per heavy atom. The number of nitrogens with zero attached hydrogens (tertiary/aromatic N) is 2. The van der Waals surface area contributed by atoms with Gasteiger partial charge < -0.3 is 15.0 Å². The first-order chi connectivity index (χ1) is 13.7. The fourth-order valence-corrected chi connectivity index (χ4v) is 4.41. The van der Waals surface area contributed by atoms with Crippen molar-refractivity contribution >= 4 is 5.91 Å². The maximum atomic E-state index is 12.3. The highest BCUT2D eigenvalue weighted by Crippen LogP contribution is 2.20. The van der Waals surface area contributed by atoms with Crippen LogP contribution in [0, 0.1) is 5.92 Å². The molecule has 3 rings (SSSR count). The number of rotatable bonds is 8. The van der Waals surface area contributed by atoms with Crippen molar-refractivity contribution < 1.29 is 9.53 Å². The predicted octanol–water partition coefficient (Wildman–Crippen LogP) is 2.94. The van der Waals surface area contributed by atoms with Gasteiger partial charge in [0, 0.05) is 13.1 Å². The lowest BCUT2D eigenvalue weighted by molar-refractivity contribution is -0.122. The van der Waals surface area contributed by atoms with E-state index in [9.17, 15) is 4.79 Å². The lowest BCUT2D eigenvalue weighted by atomic mass is 9.96. The topological polar surface area (TPSA) is 44.8 Å². The quantitative estimate of drug-likeness (QED) is 0.745. The van der Waals surface area contributed by atoms with Gasteiger partial charge in [0.05, 0.1) is 13.7 Å². The highest BCUT2D eigenvalue weighted by Gasteiger charge is 2.23. The molecule has 1 N–H and O–H groups in total. The summed E-state index contributed by atoms with van der Waals surface area (Å²) in [7, 11) is 1.67. The Bertz CT molecular complexity index is 574. The van der Waals surface area contributed by atoms with Crippen LogP contribution < -0.4 is 10.1 Å². The number of carbonyl (C=O) groups is 1. The van der Waals surface area contributed by atoms with Crippen molar-refractivity contribution in [1.29, 1.82) is 0 Å². The van der Waals surface area contributed by atoms with Crippen LogP contribution in [-0.2, 0) is 11.2 Å². The molecular weight excluding hydrogens is 350 g/mol. The van der Waals surface area contributed by atoms with E-state index in [0.29, 0.717) is 13.1 Å². The van der Waals surface area contributed by atoms with Gasteiger partial charge in [-0.15, -0.1) is 0 Å². The lowest BCUT2D eigenvalue weighted by Crippen LogP contribution is -2.43. The summed E-state index contributed by atoms with van der Waals surface area (Å²) in [6.07, 6.45) is 8.87. The number of likely N-dealkylation sites (tertiary alicyclic amines) is 2. The number of carbonyl (C=O) groups excluding carboxylic acids is 1. The number of amides is 1. The minimum absolute atomic E-state index is 0.152. The van der Waals surface area contributed by atoms with Gasteiger partial charge in [-0.1, -0.05) is 25.0 Å². The third-order valence-electron chi connectivity index (χ3n) is 6.18. The monoisotopic (exact) mass is 387 g/mol. The second-order valence-electron chi connectivity index (χ2n) is 8.38. The normalized spacial score (nSPS) is 19.9. The molecule has 2 aliphatic heterocycles. The van der Waals surface area contributed by atoms with E-state index in [2.05, 4.69) is 27.2 Å².